The molecule has 0 N–H and O–H groups in total. The molecule has 6 nitrogen and oxygen atoms in total. The molecule has 1 aliphatic carbocycles. The zero-order chi connectivity index (χ0) is 60.9. The molecule has 5 aromatic rings. The van der Waals surface area contributed by atoms with Gasteiger partial charge in [-0.3, -0.25) is 0 Å². The Morgan fingerprint density at radius 3 is 1.65 bits per heavy atom. The maximum atomic E-state index is 15.9. The summed E-state index contributed by atoms with van der Waals surface area (Å²) >= 11 is 0. The van der Waals surface area contributed by atoms with Crippen LogP contribution in [0.5, 0.6) is 17.2 Å². The average molecular weight is 1200 g/mol. The van der Waals surface area contributed by atoms with Gasteiger partial charge >= 0.3 is 59.5 Å². The van der Waals surface area contributed by atoms with Gasteiger partial charge in [0.2, 0.25) is 0 Å². The minimum Gasteiger partial charge on any atom is -0.497 e. The van der Waals surface area contributed by atoms with Crippen molar-refractivity contribution in [2.75, 3.05) is 52.0 Å². The fourth-order valence-corrected chi connectivity index (χ4v) is 10.3. The molecule has 448 valence electrons. The molecule has 2 heterocycles. The molecule has 1 saturated heterocycles. The summed E-state index contributed by atoms with van der Waals surface area (Å²) < 4.78 is 347. The molecule has 0 bridgehead atoms. The van der Waals surface area contributed by atoms with E-state index in [0.29, 0.717) is 41.0 Å². The van der Waals surface area contributed by atoms with E-state index < -0.39 is 89.5 Å². The van der Waals surface area contributed by atoms with Gasteiger partial charge in [0.15, 0.2) is 5.60 Å². The van der Waals surface area contributed by atoms with Crippen molar-refractivity contribution in [2.45, 2.75) is 103 Å². The Morgan fingerprint density at radius 1 is 0.598 bits per heavy atom. The van der Waals surface area contributed by atoms with Gasteiger partial charge in [-0.1, -0.05) is 74.4 Å². The standard InChI is InChI=1S/C54H43F22NO5/c1-4-5-19-44(81-24-21-45(56,57)46(58,59)47(60,61)48(62,63)49(64,65)50(66,67)51(68,69)52(70,71)53(72,73)54(74,75)76)37-9-7-6-8-33(37)40-35-27-38(77-22-25-80-26-23-77)39(79-3)28-36(35)42-34(41(40)44)18-20-43(82-42,29-10-14-31(55)15-11-29)30-12-16-32(78-2)17-13-30/h6-18,20,27-28H,4-5,19,21-26H2,1-3H3. The third-order valence-corrected chi connectivity index (χ3v) is 14.7. The van der Waals surface area contributed by atoms with Crippen LogP contribution in [0.1, 0.15) is 60.4 Å². The molecule has 0 amide bonds. The SMILES string of the molecule is CCCCC1(OCCC(F)(F)C(F)(F)C(F)(F)C(F)(F)C(F)(F)C(F)(F)C(F)(F)C(F)(F)C(F)(F)C(F)(F)F)c2ccccc2-c2c1c1c(c3cc(OC)c(N4CCOCC4)cc23)OC(c2ccc(F)cc2)(c2ccc(OC)cc2)C=C1. The first kappa shape index (κ1) is 61.7. The van der Waals surface area contributed by atoms with Gasteiger partial charge < -0.3 is 28.6 Å². The number of unbranched alkanes of at least 4 members (excludes halogenated alkanes) is 1. The maximum Gasteiger partial charge on any atom is 0.460 e. The van der Waals surface area contributed by atoms with E-state index in [1.807, 2.05) is 4.90 Å². The Morgan fingerprint density at radius 2 is 1.12 bits per heavy atom. The van der Waals surface area contributed by atoms with Crippen LogP contribution in [0.25, 0.3) is 28.0 Å². The second-order valence-electron chi connectivity index (χ2n) is 19.4. The van der Waals surface area contributed by atoms with E-state index in [-0.39, 0.29) is 77.2 Å². The van der Waals surface area contributed by atoms with Gasteiger partial charge in [-0.15, -0.1) is 0 Å². The lowest BCUT2D eigenvalue weighted by atomic mass is 9.78. The minimum absolute atomic E-state index is 0.00377. The van der Waals surface area contributed by atoms with Crippen molar-refractivity contribution in [1.82, 2.24) is 0 Å². The predicted molar refractivity (Wildman–Crippen MR) is 250 cm³/mol. The molecule has 8 rings (SSSR count). The van der Waals surface area contributed by atoms with E-state index in [1.165, 1.54) is 62.8 Å². The van der Waals surface area contributed by atoms with Gasteiger partial charge in [0.25, 0.3) is 0 Å². The van der Waals surface area contributed by atoms with Crippen LogP contribution in [0.4, 0.5) is 102 Å². The Balaban J connectivity index is 1.28. The van der Waals surface area contributed by atoms with Gasteiger partial charge in [0, 0.05) is 47.2 Å². The van der Waals surface area contributed by atoms with Gasteiger partial charge in [-0.2, -0.15) is 92.2 Å². The van der Waals surface area contributed by atoms with Crippen molar-refractivity contribution in [3.63, 3.8) is 0 Å². The summed E-state index contributed by atoms with van der Waals surface area (Å²) in [5, 5.41) is 0.575. The number of anilines is 1. The first-order chi connectivity index (χ1) is 37.9. The van der Waals surface area contributed by atoms with Crippen molar-refractivity contribution in [1.29, 1.82) is 0 Å². The van der Waals surface area contributed by atoms with Crippen LogP contribution in [0, 0.1) is 5.82 Å². The number of hydrogen-bond donors (Lipinski definition) is 0. The second kappa shape index (κ2) is 20.5. The van der Waals surface area contributed by atoms with Gasteiger partial charge in [-0.05, 0) is 71.0 Å². The summed E-state index contributed by atoms with van der Waals surface area (Å²) in [6.07, 6.45) is -8.15. The summed E-state index contributed by atoms with van der Waals surface area (Å²) in [6, 6.07) is 20.6. The Labute approximate surface area is 450 Å². The third kappa shape index (κ3) is 8.85. The summed E-state index contributed by atoms with van der Waals surface area (Å²) in [7, 11) is 2.76. The highest BCUT2D eigenvalue weighted by atomic mass is 19.4. The lowest BCUT2D eigenvalue weighted by Gasteiger charge is -2.44. The third-order valence-electron chi connectivity index (χ3n) is 14.7. The highest BCUT2D eigenvalue weighted by Crippen LogP contribution is 2.67. The van der Waals surface area contributed by atoms with Gasteiger partial charge in [0.1, 0.15) is 28.7 Å². The Kier molecular flexibility index (Phi) is 15.4. The normalized spacial score (nSPS) is 19.5. The number of ether oxygens (including phenoxy) is 5. The van der Waals surface area contributed by atoms with Gasteiger partial charge in [0.05, 0.1) is 39.7 Å². The van der Waals surface area contributed by atoms with E-state index in [9.17, 15) is 70.2 Å². The number of methoxy groups -OCH3 is 2. The number of fused-ring (bicyclic) bond motifs is 8. The average Bonchev–Trinajstić information content (AvgIpc) is 1.28. The largest absolute Gasteiger partial charge is 0.497 e. The van der Waals surface area contributed by atoms with Crippen LogP contribution in [-0.4, -0.2) is 107 Å². The van der Waals surface area contributed by atoms with E-state index in [1.54, 1.807) is 43.3 Å². The quantitative estimate of drug-likeness (QED) is 0.0724. The number of rotatable bonds is 20. The number of benzene rings is 5. The highest BCUT2D eigenvalue weighted by Gasteiger charge is 2.97. The molecule has 2 atom stereocenters. The summed E-state index contributed by atoms with van der Waals surface area (Å²) in [5.74, 6) is -78.3. The van der Waals surface area contributed by atoms with Crippen LogP contribution in [-0.2, 0) is 20.7 Å². The number of morpholine rings is 1. The molecule has 82 heavy (non-hydrogen) atoms. The highest BCUT2D eigenvalue weighted by molar-refractivity contribution is 6.10. The minimum atomic E-state index is -9.29. The monoisotopic (exact) mass is 1200 g/mol. The molecule has 2 unspecified atom stereocenters. The van der Waals surface area contributed by atoms with Crippen molar-refractivity contribution in [3.8, 4) is 28.4 Å². The molecule has 5 aromatic carbocycles. The second-order valence-corrected chi connectivity index (χ2v) is 19.4. The molecule has 3 aliphatic rings. The summed E-state index contributed by atoms with van der Waals surface area (Å²) in [5.41, 5.74) is -2.18. The van der Waals surface area contributed by atoms with Crippen LogP contribution in [0.3, 0.4) is 0 Å². The number of nitrogens with zero attached hydrogens (tertiary/aromatic N) is 1. The lowest BCUT2D eigenvalue weighted by molar-refractivity contribution is -0.474. The Bertz CT molecular complexity index is 3210. The molecular weight excluding hydrogens is 1160 g/mol. The summed E-state index contributed by atoms with van der Waals surface area (Å²) in [4.78, 5) is 1.89. The lowest BCUT2D eigenvalue weighted by Crippen LogP contribution is -2.76. The molecule has 0 aromatic heterocycles. The molecule has 0 spiro atoms. The fourth-order valence-electron chi connectivity index (χ4n) is 10.3. The van der Waals surface area contributed by atoms with Crippen LogP contribution >= 0.6 is 0 Å². The molecule has 2 aliphatic heterocycles. The zero-order valence-corrected chi connectivity index (χ0v) is 42.4. The molecule has 0 radical (unpaired) electrons. The zero-order valence-electron chi connectivity index (χ0n) is 42.4. The van der Waals surface area contributed by atoms with Crippen LogP contribution in [0.2, 0.25) is 0 Å². The van der Waals surface area contributed by atoms with E-state index in [2.05, 4.69) is 0 Å². The van der Waals surface area contributed by atoms with E-state index in [4.69, 9.17) is 23.7 Å². The van der Waals surface area contributed by atoms with Crippen molar-refractivity contribution >= 4 is 22.5 Å². The maximum absolute atomic E-state index is 15.9. The number of hydrogen-bond acceptors (Lipinski definition) is 6. The summed E-state index contributed by atoms with van der Waals surface area (Å²) in [6.45, 7) is 0.741. The number of alkyl halides is 21. The fraction of sp³-hybridized carbons (Fsp3) is 0.444. The van der Waals surface area contributed by atoms with Crippen LogP contribution < -0.4 is 19.1 Å². The van der Waals surface area contributed by atoms with Crippen molar-refractivity contribution < 1.29 is 120 Å². The van der Waals surface area contributed by atoms with Crippen LogP contribution in [0.15, 0.2) is 91.0 Å². The smallest absolute Gasteiger partial charge is 0.460 e. The molecule has 28 heteroatoms. The molecule has 0 saturated carbocycles. The first-order valence-corrected chi connectivity index (χ1v) is 24.4. The van der Waals surface area contributed by atoms with Crippen molar-refractivity contribution in [2.24, 2.45) is 0 Å². The van der Waals surface area contributed by atoms with Crippen molar-refractivity contribution in [3.05, 3.63) is 125 Å². The van der Waals surface area contributed by atoms with Gasteiger partial charge in [-0.25, -0.2) is 4.39 Å². The topological polar surface area (TPSA) is 49.4 Å². The van der Waals surface area contributed by atoms with E-state index >= 15 is 26.3 Å². The Hall–Kier alpha value is -6.32. The number of halogens is 22. The van der Waals surface area contributed by atoms with E-state index in [0.717, 1.165) is 12.1 Å². The predicted octanol–water partition coefficient (Wildman–Crippen LogP) is 16.3. The first-order valence-electron chi connectivity index (χ1n) is 24.4. The molecule has 1 fully saturated rings. The molecular formula is C54H43F22NO5.